The zero-order valence-corrected chi connectivity index (χ0v) is 10.0. The SMILES string of the molecule is C=CCOC(C)CNC(=O)OC(C)(C)C. The summed E-state index contributed by atoms with van der Waals surface area (Å²) in [5, 5.41) is 2.63. The lowest BCUT2D eigenvalue weighted by Crippen LogP contribution is -2.36. The minimum atomic E-state index is -0.463. The van der Waals surface area contributed by atoms with Gasteiger partial charge in [0.15, 0.2) is 0 Å². The molecular formula is C11H21NO3. The number of ether oxygens (including phenoxy) is 2. The molecule has 1 atom stereocenters. The van der Waals surface area contributed by atoms with Crippen molar-refractivity contribution >= 4 is 6.09 Å². The van der Waals surface area contributed by atoms with Gasteiger partial charge in [0.2, 0.25) is 0 Å². The fourth-order valence-electron chi connectivity index (χ4n) is 0.832. The lowest BCUT2D eigenvalue weighted by atomic mass is 10.2. The Morgan fingerprint density at radius 2 is 2.13 bits per heavy atom. The fraction of sp³-hybridized carbons (Fsp3) is 0.727. The molecule has 88 valence electrons. The van der Waals surface area contributed by atoms with Crippen LogP contribution >= 0.6 is 0 Å². The van der Waals surface area contributed by atoms with E-state index in [0.717, 1.165) is 0 Å². The highest BCUT2D eigenvalue weighted by Gasteiger charge is 2.16. The maximum absolute atomic E-state index is 11.2. The average Bonchev–Trinajstić information content (AvgIpc) is 2.08. The van der Waals surface area contributed by atoms with Crippen molar-refractivity contribution in [2.45, 2.75) is 39.4 Å². The normalized spacial score (nSPS) is 13.1. The largest absolute Gasteiger partial charge is 0.444 e. The predicted octanol–water partition coefficient (Wildman–Crippen LogP) is 2.10. The topological polar surface area (TPSA) is 47.6 Å². The second kappa shape index (κ2) is 6.45. The van der Waals surface area contributed by atoms with Gasteiger partial charge < -0.3 is 14.8 Å². The molecule has 0 aromatic rings. The summed E-state index contributed by atoms with van der Waals surface area (Å²) < 4.78 is 10.4. The number of hydrogen-bond acceptors (Lipinski definition) is 3. The van der Waals surface area contributed by atoms with Crippen molar-refractivity contribution in [3.63, 3.8) is 0 Å². The van der Waals surface area contributed by atoms with Crippen LogP contribution in [0.15, 0.2) is 12.7 Å². The molecule has 0 saturated carbocycles. The highest BCUT2D eigenvalue weighted by atomic mass is 16.6. The van der Waals surface area contributed by atoms with Gasteiger partial charge in [0.05, 0.1) is 12.7 Å². The predicted molar refractivity (Wildman–Crippen MR) is 59.8 cm³/mol. The van der Waals surface area contributed by atoms with E-state index in [-0.39, 0.29) is 6.10 Å². The van der Waals surface area contributed by atoms with E-state index in [2.05, 4.69) is 11.9 Å². The molecule has 0 aromatic heterocycles. The van der Waals surface area contributed by atoms with Crippen LogP contribution in [0.5, 0.6) is 0 Å². The second-order valence-electron chi connectivity index (χ2n) is 4.32. The van der Waals surface area contributed by atoms with Crippen LogP contribution in [-0.4, -0.2) is 30.9 Å². The second-order valence-corrected chi connectivity index (χ2v) is 4.32. The first-order chi connectivity index (χ1) is 6.85. The average molecular weight is 215 g/mol. The quantitative estimate of drug-likeness (QED) is 0.714. The van der Waals surface area contributed by atoms with Gasteiger partial charge in [0.25, 0.3) is 0 Å². The number of rotatable bonds is 5. The van der Waals surface area contributed by atoms with Crippen LogP contribution in [0.25, 0.3) is 0 Å². The molecule has 0 aliphatic heterocycles. The van der Waals surface area contributed by atoms with Crippen LogP contribution < -0.4 is 5.32 Å². The van der Waals surface area contributed by atoms with Crippen LogP contribution in [0.2, 0.25) is 0 Å². The molecule has 4 heteroatoms. The van der Waals surface area contributed by atoms with Crippen LogP contribution in [0.3, 0.4) is 0 Å². The van der Waals surface area contributed by atoms with Crippen molar-refractivity contribution in [2.24, 2.45) is 0 Å². The zero-order chi connectivity index (χ0) is 11.9. The Balaban J connectivity index is 3.66. The highest BCUT2D eigenvalue weighted by Crippen LogP contribution is 2.06. The van der Waals surface area contributed by atoms with Gasteiger partial charge in [-0.2, -0.15) is 0 Å². The molecule has 0 heterocycles. The van der Waals surface area contributed by atoms with Gasteiger partial charge in [-0.1, -0.05) is 6.08 Å². The summed E-state index contributed by atoms with van der Waals surface area (Å²) in [4.78, 5) is 11.2. The Bertz CT molecular complexity index is 208. The summed E-state index contributed by atoms with van der Waals surface area (Å²) in [7, 11) is 0. The summed E-state index contributed by atoms with van der Waals surface area (Å²) in [6.45, 7) is 11.8. The highest BCUT2D eigenvalue weighted by molar-refractivity contribution is 5.67. The maximum Gasteiger partial charge on any atom is 0.407 e. The third kappa shape index (κ3) is 9.28. The molecule has 0 rings (SSSR count). The van der Waals surface area contributed by atoms with Crippen molar-refractivity contribution in [2.75, 3.05) is 13.2 Å². The number of carbonyl (C=O) groups excluding carboxylic acids is 1. The Labute approximate surface area is 91.6 Å². The standard InChI is InChI=1S/C11H21NO3/c1-6-7-14-9(2)8-12-10(13)15-11(3,4)5/h6,9H,1,7-8H2,2-5H3,(H,12,13). The van der Waals surface area contributed by atoms with Gasteiger partial charge in [0.1, 0.15) is 5.60 Å². The molecule has 0 bridgehead atoms. The van der Waals surface area contributed by atoms with Crippen LogP contribution in [0, 0.1) is 0 Å². The molecule has 0 fully saturated rings. The molecule has 4 nitrogen and oxygen atoms in total. The Hall–Kier alpha value is -1.03. The summed E-state index contributed by atoms with van der Waals surface area (Å²) in [5.74, 6) is 0. The minimum Gasteiger partial charge on any atom is -0.444 e. The van der Waals surface area contributed by atoms with Crippen molar-refractivity contribution in [1.82, 2.24) is 5.32 Å². The van der Waals surface area contributed by atoms with Crippen LogP contribution in [0.1, 0.15) is 27.7 Å². The van der Waals surface area contributed by atoms with Crippen LogP contribution in [-0.2, 0) is 9.47 Å². The van der Waals surface area contributed by atoms with Gasteiger partial charge in [0, 0.05) is 6.54 Å². The zero-order valence-electron chi connectivity index (χ0n) is 10.0. The van der Waals surface area contributed by atoms with Crippen molar-refractivity contribution in [1.29, 1.82) is 0 Å². The van der Waals surface area contributed by atoms with Gasteiger partial charge in [-0.3, -0.25) is 0 Å². The number of carbonyl (C=O) groups is 1. The molecule has 0 saturated heterocycles. The summed E-state index contributed by atoms with van der Waals surface area (Å²) in [6.07, 6.45) is 1.20. The Kier molecular flexibility index (Phi) is 6.01. The molecule has 1 unspecified atom stereocenters. The third-order valence-corrected chi connectivity index (χ3v) is 1.43. The number of alkyl carbamates (subject to hydrolysis) is 1. The molecule has 0 radical (unpaired) electrons. The number of nitrogens with one attached hydrogen (secondary N) is 1. The lowest BCUT2D eigenvalue weighted by Gasteiger charge is -2.20. The Morgan fingerprint density at radius 3 is 2.60 bits per heavy atom. The first kappa shape index (κ1) is 14.0. The molecule has 0 aliphatic rings. The van der Waals surface area contributed by atoms with E-state index in [0.29, 0.717) is 13.2 Å². The maximum atomic E-state index is 11.2. The molecule has 0 spiro atoms. The lowest BCUT2D eigenvalue weighted by molar-refractivity contribution is 0.0443. The van der Waals surface area contributed by atoms with Crippen molar-refractivity contribution < 1.29 is 14.3 Å². The molecule has 1 N–H and O–H groups in total. The minimum absolute atomic E-state index is 0.0458. The van der Waals surface area contributed by atoms with E-state index in [1.165, 1.54) is 0 Å². The molecule has 0 aromatic carbocycles. The van der Waals surface area contributed by atoms with Gasteiger partial charge in [-0.15, -0.1) is 6.58 Å². The van der Waals surface area contributed by atoms with Crippen molar-refractivity contribution in [3.05, 3.63) is 12.7 Å². The van der Waals surface area contributed by atoms with Crippen molar-refractivity contribution in [3.8, 4) is 0 Å². The van der Waals surface area contributed by atoms with Gasteiger partial charge in [-0.05, 0) is 27.7 Å². The smallest absolute Gasteiger partial charge is 0.407 e. The number of amides is 1. The fourth-order valence-corrected chi connectivity index (χ4v) is 0.832. The monoisotopic (exact) mass is 215 g/mol. The summed E-state index contributed by atoms with van der Waals surface area (Å²) >= 11 is 0. The first-order valence-electron chi connectivity index (χ1n) is 5.04. The summed E-state index contributed by atoms with van der Waals surface area (Å²) in [6, 6.07) is 0. The van der Waals surface area contributed by atoms with E-state index in [9.17, 15) is 4.79 Å². The third-order valence-electron chi connectivity index (χ3n) is 1.43. The van der Waals surface area contributed by atoms with Crippen LogP contribution in [0.4, 0.5) is 4.79 Å². The Morgan fingerprint density at radius 1 is 1.53 bits per heavy atom. The molecule has 0 aliphatic carbocycles. The first-order valence-corrected chi connectivity index (χ1v) is 5.04. The molecule has 1 amide bonds. The van der Waals surface area contributed by atoms with E-state index < -0.39 is 11.7 Å². The summed E-state index contributed by atoms with van der Waals surface area (Å²) in [5.41, 5.74) is -0.463. The van der Waals surface area contributed by atoms with E-state index in [4.69, 9.17) is 9.47 Å². The number of hydrogen-bond donors (Lipinski definition) is 1. The van der Waals surface area contributed by atoms with E-state index in [1.807, 2.05) is 27.7 Å². The van der Waals surface area contributed by atoms with E-state index in [1.54, 1.807) is 6.08 Å². The van der Waals surface area contributed by atoms with Gasteiger partial charge >= 0.3 is 6.09 Å². The molecular weight excluding hydrogens is 194 g/mol. The molecule has 15 heavy (non-hydrogen) atoms. The van der Waals surface area contributed by atoms with E-state index >= 15 is 0 Å². The van der Waals surface area contributed by atoms with Gasteiger partial charge in [-0.25, -0.2) is 4.79 Å².